The van der Waals surface area contributed by atoms with E-state index in [0.717, 1.165) is 30.9 Å². The van der Waals surface area contributed by atoms with Gasteiger partial charge in [-0.05, 0) is 24.7 Å². The van der Waals surface area contributed by atoms with Gasteiger partial charge in [0.25, 0.3) is 0 Å². The van der Waals surface area contributed by atoms with Crippen LogP contribution >= 0.6 is 0 Å². The third-order valence-corrected chi connectivity index (χ3v) is 4.47. The SMILES string of the molecule is CCC(=O)N1c2ccccc2CC1C(=O)NCCN(CC)CC. The number of nitrogens with one attached hydrogen (secondary N) is 1. The minimum atomic E-state index is -0.420. The normalized spacial score (nSPS) is 16.5. The maximum Gasteiger partial charge on any atom is 0.243 e. The molecule has 2 amide bonds. The van der Waals surface area contributed by atoms with Crippen LogP contribution in [-0.2, 0) is 16.0 Å². The summed E-state index contributed by atoms with van der Waals surface area (Å²) in [5.74, 6) is -0.0611. The predicted molar refractivity (Wildman–Crippen MR) is 92.5 cm³/mol. The third-order valence-electron chi connectivity index (χ3n) is 4.47. The zero-order chi connectivity index (χ0) is 16.8. The van der Waals surface area contributed by atoms with E-state index in [4.69, 9.17) is 0 Å². The number of anilines is 1. The van der Waals surface area contributed by atoms with Gasteiger partial charge in [0.05, 0.1) is 0 Å². The second kappa shape index (κ2) is 8.11. The number of fused-ring (bicyclic) bond motifs is 1. The average Bonchev–Trinajstić information content (AvgIpc) is 2.97. The van der Waals surface area contributed by atoms with Crippen LogP contribution in [0.25, 0.3) is 0 Å². The van der Waals surface area contributed by atoms with Gasteiger partial charge in [-0.1, -0.05) is 39.0 Å². The maximum atomic E-state index is 12.6. The molecule has 1 N–H and O–H groups in total. The quantitative estimate of drug-likeness (QED) is 0.834. The molecule has 1 atom stereocenters. The highest BCUT2D eigenvalue weighted by atomic mass is 16.2. The Morgan fingerprint density at radius 1 is 1.22 bits per heavy atom. The van der Waals surface area contributed by atoms with Gasteiger partial charge in [0.1, 0.15) is 6.04 Å². The Morgan fingerprint density at radius 2 is 1.91 bits per heavy atom. The lowest BCUT2D eigenvalue weighted by molar-refractivity contribution is -0.126. The second-order valence-electron chi connectivity index (χ2n) is 5.78. The number of para-hydroxylation sites is 1. The van der Waals surface area contributed by atoms with Crippen LogP contribution in [-0.4, -0.2) is 48.9 Å². The summed E-state index contributed by atoms with van der Waals surface area (Å²) in [6.07, 6.45) is 0.997. The summed E-state index contributed by atoms with van der Waals surface area (Å²) >= 11 is 0. The summed E-state index contributed by atoms with van der Waals surface area (Å²) < 4.78 is 0. The van der Waals surface area contributed by atoms with Gasteiger partial charge in [-0.3, -0.25) is 14.5 Å². The van der Waals surface area contributed by atoms with Gasteiger partial charge in [-0.15, -0.1) is 0 Å². The van der Waals surface area contributed by atoms with Crippen LogP contribution in [0.5, 0.6) is 0 Å². The van der Waals surface area contributed by atoms with Crippen LogP contribution in [0, 0.1) is 0 Å². The van der Waals surface area contributed by atoms with E-state index in [-0.39, 0.29) is 11.8 Å². The molecular formula is C18H27N3O2. The molecule has 0 saturated heterocycles. The van der Waals surface area contributed by atoms with Crippen LogP contribution in [0.15, 0.2) is 24.3 Å². The van der Waals surface area contributed by atoms with Gasteiger partial charge < -0.3 is 10.2 Å². The molecule has 0 fully saturated rings. The molecule has 0 radical (unpaired) electrons. The van der Waals surface area contributed by atoms with E-state index in [9.17, 15) is 9.59 Å². The molecule has 23 heavy (non-hydrogen) atoms. The number of rotatable bonds is 7. The zero-order valence-electron chi connectivity index (χ0n) is 14.3. The number of hydrogen-bond donors (Lipinski definition) is 1. The van der Waals surface area contributed by atoms with Crippen LogP contribution in [0.4, 0.5) is 5.69 Å². The first-order valence-corrected chi connectivity index (χ1v) is 8.52. The van der Waals surface area contributed by atoms with Gasteiger partial charge in [0.2, 0.25) is 11.8 Å². The number of likely N-dealkylation sites (N-methyl/N-ethyl adjacent to an activating group) is 1. The monoisotopic (exact) mass is 317 g/mol. The van der Waals surface area contributed by atoms with E-state index in [2.05, 4.69) is 24.1 Å². The predicted octanol–water partition coefficient (Wildman–Crippen LogP) is 1.81. The molecule has 5 heteroatoms. The van der Waals surface area contributed by atoms with Crippen molar-refractivity contribution in [2.45, 2.75) is 39.7 Å². The van der Waals surface area contributed by atoms with Crippen molar-refractivity contribution in [2.75, 3.05) is 31.1 Å². The van der Waals surface area contributed by atoms with Crippen molar-refractivity contribution in [1.82, 2.24) is 10.2 Å². The number of nitrogens with zero attached hydrogens (tertiary/aromatic N) is 2. The number of carbonyl (C=O) groups excluding carboxylic acids is 2. The zero-order valence-corrected chi connectivity index (χ0v) is 14.3. The first-order valence-electron chi connectivity index (χ1n) is 8.52. The van der Waals surface area contributed by atoms with Gasteiger partial charge in [0.15, 0.2) is 0 Å². The average molecular weight is 317 g/mol. The highest BCUT2D eigenvalue weighted by Crippen LogP contribution is 2.32. The fourth-order valence-electron chi connectivity index (χ4n) is 3.07. The molecule has 0 aromatic heterocycles. The van der Waals surface area contributed by atoms with Crippen LogP contribution in [0.2, 0.25) is 0 Å². The van der Waals surface area contributed by atoms with E-state index >= 15 is 0 Å². The molecule has 0 saturated carbocycles. The Balaban J connectivity index is 2.03. The Labute approximate surface area is 138 Å². The number of carbonyl (C=O) groups is 2. The number of hydrogen-bond acceptors (Lipinski definition) is 3. The fraction of sp³-hybridized carbons (Fsp3) is 0.556. The van der Waals surface area contributed by atoms with Gasteiger partial charge >= 0.3 is 0 Å². The van der Waals surface area contributed by atoms with Crippen LogP contribution in [0.3, 0.4) is 0 Å². The summed E-state index contributed by atoms with van der Waals surface area (Å²) in [4.78, 5) is 28.8. The van der Waals surface area contributed by atoms with Crippen molar-refractivity contribution >= 4 is 17.5 Å². The van der Waals surface area contributed by atoms with E-state index < -0.39 is 6.04 Å². The number of benzene rings is 1. The van der Waals surface area contributed by atoms with Gasteiger partial charge in [-0.25, -0.2) is 0 Å². The highest BCUT2D eigenvalue weighted by Gasteiger charge is 2.37. The molecule has 0 spiro atoms. The summed E-state index contributed by atoms with van der Waals surface area (Å²) in [5, 5.41) is 2.99. The molecule has 126 valence electrons. The molecule has 0 bridgehead atoms. The van der Waals surface area contributed by atoms with E-state index in [1.54, 1.807) is 4.90 Å². The maximum absolute atomic E-state index is 12.6. The van der Waals surface area contributed by atoms with Crippen molar-refractivity contribution in [3.05, 3.63) is 29.8 Å². The molecule has 1 aliphatic heterocycles. The minimum Gasteiger partial charge on any atom is -0.353 e. The van der Waals surface area contributed by atoms with Crippen LogP contribution < -0.4 is 10.2 Å². The number of amides is 2. The Bertz CT molecular complexity index is 555. The Hall–Kier alpha value is -1.88. The summed E-state index contributed by atoms with van der Waals surface area (Å²) in [7, 11) is 0. The van der Waals surface area contributed by atoms with Crippen molar-refractivity contribution in [1.29, 1.82) is 0 Å². The summed E-state index contributed by atoms with van der Waals surface area (Å²) in [6, 6.07) is 7.36. The lowest BCUT2D eigenvalue weighted by atomic mass is 10.1. The lowest BCUT2D eigenvalue weighted by Crippen LogP contribution is -2.49. The smallest absolute Gasteiger partial charge is 0.243 e. The largest absolute Gasteiger partial charge is 0.353 e. The Kier molecular flexibility index (Phi) is 6.16. The first-order chi connectivity index (χ1) is 11.1. The minimum absolute atomic E-state index is 0.00107. The summed E-state index contributed by atoms with van der Waals surface area (Å²) in [5.41, 5.74) is 1.95. The van der Waals surface area contributed by atoms with E-state index in [1.165, 1.54) is 0 Å². The van der Waals surface area contributed by atoms with Crippen molar-refractivity contribution in [2.24, 2.45) is 0 Å². The molecule has 1 aromatic rings. The lowest BCUT2D eigenvalue weighted by Gasteiger charge is -2.25. The van der Waals surface area contributed by atoms with E-state index in [1.807, 2.05) is 31.2 Å². The van der Waals surface area contributed by atoms with Gasteiger partial charge in [0, 0.05) is 31.6 Å². The molecule has 1 aromatic carbocycles. The first kappa shape index (κ1) is 17.5. The van der Waals surface area contributed by atoms with Crippen molar-refractivity contribution < 1.29 is 9.59 Å². The van der Waals surface area contributed by atoms with Gasteiger partial charge in [-0.2, -0.15) is 0 Å². The van der Waals surface area contributed by atoms with Crippen molar-refractivity contribution in [3.63, 3.8) is 0 Å². The molecule has 0 aliphatic carbocycles. The Morgan fingerprint density at radius 3 is 2.57 bits per heavy atom. The highest BCUT2D eigenvalue weighted by molar-refractivity contribution is 6.03. The molecule has 2 rings (SSSR count). The third kappa shape index (κ3) is 3.91. The molecule has 1 aliphatic rings. The molecule has 5 nitrogen and oxygen atoms in total. The molecule has 1 unspecified atom stereocenters. The molecular weight excluding hydrogens is 290 g/mol. The standard InChI is InChI=1S/C18H27N3O2/c1-4-17(22)21-15-10-8-7-9-14(15)13-16(21)18(23)19-11-12-20(5-2)6-3/h7-10,16H,4-6,11-13H2,1-3H3,(H,19,23). The summed E-state index contributed by atoms with van der Waals surface area (Å²) in [6.45, 7) is 9.45. The fourth-order valence-corrected chi connectivity index (χ4v) is 3.07. The van der Waals surface area contributed by atoms with Crippen LogP contribution in [0.1, 0.15) is 32.8 Å². The van der Waals surface area contributed by atoms with Crippen molar-refractivity contribution in [3.8, 4) is 0 Å². The second-order valence-corrected chi connectivity index (χ2v) is 5.78. The molecule has 1 heterocycles. The topological polar surface area (TPSA) is 52.7 Å². The van der Waals surface area contributed by atoms with E-state index in [0.29, 0.717) is 19.4 Å².